The molecule has 3 fully saturated rings. The average Bonchev–Trinajstić information content (AvgIpc) is 0.762. The Morgan fingerprint density at radius 3 is 1.06 bits per heavy atom. The van der Waals surface area contributed by atoms with E-state index in [0.29, 0.717) is 31.1 Å². The van der Waals surface area contributed by atoms with E-state index in [4.69, 9.17) is 42.2 Å². The first-order chi connectivity index (χ1) is 49.1. The van der Waals surface area contributed by atoms with E-state index in [2.05, 4.69) is 34.6 Å². The number of esters is 3. The maximum absolute atomic E-state index is 14.4. The molecular weight excluding hydrogens is 1340 g/mol. The van der Waals surface area contributed by atoms with Gasteiger partial charge >= 0.3 is 25.7 Å². The number of rotatable bonds is 63. The molecule has 0 aromatic carbocycles. The smallest absolute Gasteiger partial charge is 0.463 e. The number of carbonyl (C=O) groups excluding carboxylic acids is 3. The van der Waals surface area contributed by atoms with E-state index in [-0.39, 0.29) is 19.3 Å². The summed E-state index contributed by atoms with van der Waals surface area (Å²) in [5, 5.41) is 110. The van der Waals surface area contributed by atoms with Crippen LogP contribution in [0, 0.1) is 11.8 Å². The Morgan fingerprint density at radius 2 is 0.686 bits per heavy atom. The summed E-state index contributed by atoms with van der Waals surface area (Å²) in [5.41, 5.74) is 0. The van der Waals surface area contributed by atoms with E-state index in [1.807, 2.05) is 0 Å². The average molecular weight is 1490 g/mol. The monoisotopic (exact) mass is 1480 g/mol. The molecule has 102 heavy (non-hydrogen) atoms. The molecule has 20 atom stereocenters. The highest BCUT2D eigenvalue weighted by atomic mass is 31.2. The summed E-state index contributed by atoms with van der Waals surface area (Å²) in [6, 6.07) is 0. The maximum Gasteiger partial charge on any atom is 0.472 e. The first kappa shape index (κ1) is 94.2. The van der Waals surface area contributed by atoms with Gasteiger partial charge < -0.3 is 89.1 Å². The maximum atomic E-state index is 14.4. The number of aliphatic hydroxyl groups excluding tert-OH is 10. The van der Waals surface area contributed by atoms with Crippen LogP contribution in [0.5, 0.6) is 0 Å². The van der Waals surface area contributed by atoms with Crippen molar-refractivity contribution in [2.75, 3.05) is 26.4 Å². The van der Waals surface area contributed by atoms with E-state index < -0.39 is 156 Å². The molecule has 602 valence electrons. The van der Waals surface area contributed by atoms with Crippen LogP contribution in [0.15, 0.2) is 0 Å². The van der Waals surface area contributed by atoms with Crippen molar-refractivity contribution < 1.29 is 117 Å². The van der Waals surface area contributed by atoms with Crippen LogP contribution >= 0.6 is 7.82 Å². The summed E-state index contributed by atoms with van der Waals surface area (Å²) < 4.78 is 65.3. The number of unbranched alkanes of at least 4 members (excludes halogenated alkanes) is 34. The summed E-state index contributed by atoms with van der Waals surface area (Å²) in [7, 11) is -5.70. The van der Waals surface area contributed by atoms with E-state index in [9.17, 15) is 74.9 Å². The molecular formula is C77H145O24P. The van der Waals surface area contributed by atoms with E-state index in [1.165, 1.54) is 161 Å². The van der Waals surface area contributed by atoms with E-state index in [1.54, 1.807) is 0 Å². The zero-order valence-electron chi connectivity index (χ0n) is 63.5. The molecule has 2 heterocycles. The quantitative estimate of drug-likeness (QED) is 0.0117. The van der Waals surface area contributed by atoms with Crippen molar-refractivity contribution >= 4 is 25.7 Å². The van der Waals surface area contributed by atoms with Crippen LogP contribution in [0.4, 0.5) is 0 Å². The Kier molecular flexibility index (Phi) is 52.7. The van der Waals surface area contributed by atoms with Crippen molar-refractivity contribution in [2.45, 2.75) is 434 Å². The normalized spacial score (nSPS) is 27.6. The minimum atomic E-state index is -5.70. The van der Waals surface area contributed by atoms with Crippen LogP contribution in [-0.4, -0.2) is 204 Å². The van der Waals surface area contributed by atoms with Gasteiger partial charge in [0.25, 0.3) is 0 Å². The molecule has 1 saturated carbocycles. The lowest BCUT2D eigenvalue weighted by atomic mass is 9.84. The third-order valence-corrected chi connectivity index (χ3v) is 21.7. The van der Waals surface area contributed by atoms with Crippen LogP contribution in [0.1, 0.15) is 330 Å². The van der Waals surface area contributed by atoms with E-state index >= 15 is 0 Å². The van der Waals surface area contributed by atoms with Gasteiger partial charge in [0.2, 0.25) is 0 Å². The second-order valence-corrected chi connectivity index (χ2v) is 31.4. The molecule has 0 aromatic rings. The Hall–Kier alpha value is -2.04. The molecule has 3 aliphatic rings. The Labute approximate surface area is 612 Å². The summed E-state index contributed by atoms with van der Waals surface area (Å²) >= 11 is 0. The van der Waals surface area contributed by atoms with Crippen LogP contribution in [0.25, 0.3) is 0 Å². The summed E-state index contributed by atoms with van der Waals surface area (Å²) in [6.45, 7) is 8.14. The molecule has 1 aliphatic carbocycles. The summed E-state index contributed by atoms with van der Waals surface area (Å²) in [5.74, 6) is -0.579. The van der Waals surface area contributed by atoms with Crippen LogP contribution < -0.4 is 0 Å². The van der Waals surface area contributed by atoms with Gasteiger partial charge in [-0.05, 0) is 31.1 Å². The van der Waals surface area contributed by atoms with Crippen molar-refractivity contribution in [3.63, 3.8) is 0 Å². The minimum Gasteiger partial charge on any atom is -0.463 e. The van der Waals surface area contributed by atoms with Gasteiger partial charge in [-0.15, -0.1) is 0 Å². The number of hydrogen-bond donors (Lipinski definition) is 11. The highest BCUT2D eigenvalue weighted by Gasteiger charge is 2.58. The van der Waals surface area contributed by atoms with Crippen molar-refractivity contribution in [3.8, 4) is 0 Å². The van der Waals surface area contributed by atoms with Gasteiger partial charge in [-0.3, -0.25) is 23.4 Å². The van der Waals surface area contributed by atoms with Gasteiger partial charge in [0.05, 0.1) is 13.2 Å². The Bertz CT molecular complexity index is 2130. The largest absolute Gasteiger partial charge is 0.472 e. The molecule has 0 amide bonds. The standard InChI is InChI=1S/C77H145O24P/c1-6-9-12-15-18-19-20-21-22-23-24-25-26-37-44-51-63(81)96-58(53-93-61(79)49-42-35-29-27-33-40-47-56(4)45-38-31-16-13-10-7-2)54-95-102(91,92)101-75-73(99-76-71(89)66(84)64(82)59(52-78)97-76)69(87)68(86)70(88)74(75)100-77-72(90)67(85)65(83)60(98-77)55-94-62(80)50-43-36-30-28-34-41-48-57(5)46-39-32-17-14-11-8-3/h56-60,64-78,82-90H,6-55H2,1-5H3,(H,91,92). The lowest BCUT2D eigenvalue weighted by Gasteiger charge is -2.49. The molecule has 24 nitrogen and oxygen atoms in total. The molecule has 3 rings (SSSR count). The number of hydrogen-bond acceptors (Lipinski definition) is 23. The van der Waals surface area contributed by atoms with E-state index in [0.717, 1.165) is 96.3 Å². The molecule has 0 spiro atoms. The highest BCUT2D eigenvalue weighted by Crippen LogP contribution is 2.49. The van der Waals surface area contributed by atoms with Crippen molar-refractivity contribution in [2.24, 2.45) is 11.8 Å². The van der Waals surface area contributed by atoms with Gasteiger partial charge in [-0.2, -0.15) is 0 Å². The van der Waals surface area contributed by atoms with Crippen LogP contribution in [-0.2, 0) is 61.2 Å². The summed E-state index contributed by atoms with van der Waals surface area (Å²) in [4.78, 5) is 51.2. The number of phosphoric acid groups is 1. The Morgan fingerprint density at radius 1 is 0.373 bits per heavy atom. The predicted octanol–water partition coefficient (Wildman–Crippen LogP) is 12.2. The third kappa shape index (κ3) is 39.9. The first-order valence-electron chi connectivity index (χ1n) is 40.6. The fourth-order valence-corrected chi connectivity index (χ4v) is 14.9. The Balaban J connectivity index is 1.72. The van der Waals surface area contributed by atoms with Crippen LogP contribution in [0.2, 0.25) is 0 Å². The number of ether oxygens (including phenoxy) is 7. The topological polar surface area (TPSA) is 374 Å². The highest BCUT2D eigenvalue weighted by molar-refractivity contribution is 7.47. The van der Waals surface area contributed by atoms with Crippen molar-refractivity contribution in [1.82, 2.24) is 0 Å². The lowest BCUT2D eigenvalue weighted by molar-refractivity contribution is -0.360. The van der Waals surface area contributed by atoms with Gasteiger partial charge in [-0.25, -0.2) is 4.57 Å². The second kappa shape index (κ2) is 57.1. The third-order valence-electron chi connectivity index (χ3n) is 20.7. The summed E-state index contributed by atoms with van der Waals surface area (Å²) in [6.07, 6.45) is 12.9. The number of phosphoric ester groups is 1. The van der Waals surface area contributed by atoms with Gasteiger partial charge in [0, 0.05) is 19.3 Å². The van der Waals surface area contributed by atoms with Crippen LogP contribution in [0.3, 0.4) is 0 Å². The van der Waals surface area contributed by atoms with Crippen molar-refractivity contribution in [3.05, 3.63) is 0 Å². The number of aliphatic hydroxyl groups is 10. The fourth-order valence-electron chi connectivity index (χ4n) is 13.9. The minimum absolute atomic E-state index is 0.0307. The molecule has 11 N–H and O–H groups in total. The molecule has 0 aromatic heterocycles. The predicted molar refractivity (Wildman–Crippen MR) is 388 cm³/mol. The van der Waals surface area contributed by atoms with Gasteiger partial charge in [0.1, 0.15) is 98.7 Å². The SMILES string of the molecule is CCCCCCCCCCCCCCCCCC(=O)OC(COC(=O)CCCCCCCCC(C)CCCCCCCC)COP(=O)(O)OC1C(OC2OC(CO)C(O)C(O)C2O)C(O)C(O)C(O)C1OC1OC(COC(=O)CCCCCCCCC(C)CCCCCCCC)C(O)C(O)C1O. The first-order valence-corrected chi connectivity index (χ1v) is 42.1. The molecule has 0 bridgehead atoms. The number of carbonyl (C=O) groups is 3. The second-order valence-electron chi connectivity index (χ2n) is 30.0. The molecule has 2 aliphatic heterocycles. The zero-order valence-corrected chi connectivity index (χ0v) is 64.4. The lowest BCUT2D eigenvalue weighted by Crippen LogP contribution is -2.69. The van der Waals surface area contributed by atoms with Gasteiger partial charge in [-0.1, -0.05) is 291 Å². The molecule has 2 saturated heterocycles. The zero-order chi connectivity index (χ0) is 74.9. The molecule has 0 radical (unpaired) electrons. The van der Waals surface area contributed by atoms with Crippen molar-refractivity contribution in [1.29, 1.82) is 0 Å². The van der Waals surface area contributed by atoms with Gasteiger partial charge in [0.15, 0.2) is 18.7 Å². The molecule has 20 unspecified atom stereocenters. The fraction of sp³-hybridized carbons (Fsp3) is 0.961. The molecule has 25 heteroatoms.